The SMILES string of the molecule is CCc1cc2c(cc1OSOON)CC[C@@H]1[C@@H]2CC[C@]2(C)[C@@H](CCOC)CC[C@@H]12. The Morgan fingerprint density at radius 1 is 1.21 bits per heavy atom. The molecule has 1 aromatic rings. The molecule has 4 rings (SSSR count). The predicted molar refractivity (Wildman–Crippen MR) is 115 cm³/mol. The maximum Gasteiger partial charge on any atom is 0.260 e. The summed E-state index contributed by atoms with van der Waals surface area (Å²) in [6.45, 7) is 5.67. The number of benzene rings is 1. The average Bonchev–Trinajstić information content (AvgIpc) is 3.07. The second-order valence-corrected chi connectivity index (χ2v) is 9.78. The van der Waals surface area contributed by atoms with Crippen LogP contribution < -0.4 is 10.1 Å². The summed E-state index contributed by atoms with van der Waals surface area (Å²) >= 11 is 0.771. The lowest BCUT2D eigenvalue weighted by Crippen LogP contribution is -2.42. The van der Waals surface area contributed by atoms with Crippen molar-refractivity contribution in [1.29, 1.82) is 0 Å². The minimum absolute atomic E-state index is 0.504. The normalized spacial score (nSPS) is 33.1. The predicted octanol–water partition coefficient (Wildman–Crippen LogP) is 5.52. The van der Waals surface area contributed by atoms with E-state index in [4.69, 9.17) is 14.8 Å². The van der Waals surface area contributed by atoms with Crippen LogP contribution in [-0.4, -0.2) is 13.7 Å². The first-order chi connectivity index (χ1) is 14.1. The highest BCUT2D eigenvalue weighted by molar-refractivity contribution is 7.90. The van der Waals surface area contributed by atoms with E-state index in [0.717, 1.165) is 55.3 Å². The monoisotopic (exact) mass is 421 g/mol. The molecule has 2 fully saturated rings. The molecule has 1 aromatic carbocycles. The third-order valence-corrected chi connectivity index (χ3v) is 8.73. The number of fused-ring (bicyclic) bond motifs is 5. The zero-order valence-electron chi connectivity index (χ0n) is 17.9. The molecule has 29 heavy (non-hydrogen) atoms. The number of ether oxygens (including phenoxy) is 1. The van der Waals surface area contributed by atoms with Gasteiger partial charge in [-0.15, -0.1) is 9.32 Å². The van der Waals surface area contributed by atoms with E-state index in [1.165, 1.54) is 49.7 Å². The Bertz CT molecular complexity index is 714. The Labute approximate surface area is 179 Å². The third-order valence-electron chi connectivity index (χ3n) is 8.34. The van der Waals surface area contributed by atoms with Gasteiger partial charge in [-0.2, -0.15) is 5.90 Å². The highest BCUT2D eigenvalue weighted by Gasteiger charge is 2.54. The van der Waals surface area contributed by atoms with Crippen LogP contribution in [0.3, 0.4) is 0 Å². The molecule has 0 unspecified atom stereocenters. The van der Waals surface area contributed by atoms with Gasteiger partial charge in [0.1, 0.15) is 5.75 Å². The Morgan fingerprint density at radius 3 is 2.83 bits per heavy atom. The highest BCUT2D eigenvalue weighted by Crippen LogP contribution is 2.63. The number of aryl methyl sites for hydroxylation is 2. The number of nitrogens with two attached hydrogens (primary N) is 1. The minimum atomic E-state index is 0.504. The molecule has 2 N–H and O–H groups in total. The van der Waals surface area contributed by atoms with Crippen LogP contribution in [0, 0.1) is 23.2 Å². The Balaban J connectivity index is 1.56. The van der Waals surface area contributed by atoms with Crippen LogP contribution in [0.1, 0.15) is 75.0 Å². The van der Waals surface area contributed by atoms with Crippen molar-refractivity contribution in [3.05, 3.63) is 28.8 Å². The molecule has 5 nitrogen and oxygen atoms in total. The number of methoxy groups -OCH3 is 1. The van der Waals surface area contributed by atoms with E-state index in [0.29, 0.717) is 11.3 Å². The van der Waals surface area contributed by atoms with E-state index in [-0.39, 0.29) is 0 Å². The van der Waals surface area contributed by atoms with Crippen LogP contribution in [0.5, 0.6) is 5.75 Å². The van der Waals surface area contributed by atoms with Crippen molar-refractivity contribution in [2.24, 2.45) is 29.1 Å². The molecule has 0 spiro atoms. The molecule has 5 atom stereocenters. The fourth-order valence-corrected chi connectivity index (χ4v) is 7.20. The molecule has 2 saturated carbocycles. The fraction of sp³-hybridized carbons (Fsp3) is 0.739. The first-order valence-electron chi connectivity index (χ1n) is 11.1. The molecule has 0 aromatic heterocycles. The molecule has 0 heterocycles. The van der Waals surface area contributed by atoms with Crippen LogP contribution in [0.2, 0.25) is 0 Å². The summed E-state index contributed by atoms with van der Waals surface area (Å²) in [7, 11) is 1.83. The van der Waals surface area contributed by atoms with Gasteiger partial charge in [0.25, 0.3) is 12.3 Å². The third kappa shape index (κ3) is 3.94. The maximum atomic E-state index is 5.69. The standard InChI is InChI=1S/C23H35NO4S/c1-4-15-13-20-16(14-22(15)26-29-28-27-24)5-7-19-18(20)9-11-23(2)17(10-12-25-3)6-8-21(19)23/h13-14,17-19,21H,4-12,24H2,1-3H3/t17-,18+,19-,21+,23-/m1/s1. The maximum absolute atomic E-state index is 5.69. The summed E-state index contributed by atoms with van der Waals surface area (Å²) in [5.41, 5.74) is 4.76. The summed E-state index contributed by atoms with van der Waals surface area (Å²) in [6.07, 6.45) is 10.1. The van der Waals surface area contributed by atoms with E-state index >= 15 is 0 Å². The Morgan fingerprint density at radius 2 is 2.07 bits per heavy atom. The average molecular weight is 422 g/mol. The molecule has 162 valence electrons. The fourth-order valence-electron chi connectivity index (χ4n) is 6.91. The van der Waals surface area contributed by atoms with Crippen LogP contribution in [-0.2, 0) is 26.9 Å². The van der Waals surface area contributed by atoms with Crippen molar-refractivity contribution in [3.63, 3.8) is 0 Å². The molecule has 6 heteroatoms. The Kier molecular flexibility index (Phi) is 6.76. The molecule has 3 aliphatic rings. The molecule has 0 amide bonds. The summed E-state index contributed by atoms with van der Waals surface area (Å²) < 4.78 is 15.7. The van der Waals surface area contributed by atoms with Gasteiger partial charge in [0.05, 0.1) is 0 Å². The van der Waals surface area contributed by atoms with Crippen molar-refractivity contribution < 1.29 is 18.2 Å². The lowest BCUT2D eigenvalue weighted by atomic mass is 9.54. The van der Waals surface area contributed by atoms with Crippen LogP contribution in [0.15, 0.2) is 12.1 Å². The largest absolute Gasteiger partial charge is 0.398 e. The van der Waals surface area contributed by atoms with Gasteiger partial charge in [-0.1, -0.05) is 19.9 Å². The zero-order valence-corrected chi connectivity index (χ0v) is 18.8. The van der Waals surface area contributed by atoms with Crippen molar-refractivity contribution in [2.75, 3.05) is 13.7 Å². The van der Waals surface area contributed by atoms with E-state index in [9.17, 15) is 0 Å². The van der Waals surface area contributed by atoms with Crippen LogP contribution in [0.4, 0.5) is 0 Å². The molecule has 0 saturated heterocycles. The summed E-state index contributed by atoms with van der Waals surface area (Å²) in [4.78, 5) is 4.13. The van der Waals surface area contributed by atoms with Gasteiger partial charge >= 0.3 is 0 Å². The topological polar surface area (TPSA) is 62.9 Å². The number of rotatable bonds is 8. The van der Waals surface area contributed by atoms with Gasteiger partial charge in [-0.25, -0.2) is 0 Å². The highest BCUT2D eigenvalue weighted by atomic mass is 32.2. The second-order valence-electron chi connectivity index (χ2n) is 9.34. The van der Waals surface area contributed by atoms with Crippen LogP contribution >= 0.6 is 12.3 Å². The molecular formula is C23H35NO4S. The number of hydrogen-bond acceptors (Lipinski definition) is 6. The van der Waals surface area contributed by atoms with Gasteiger partial charge in [0.2, 0.25) is 0 Å². The quantitative estimate of drug-likeness (QED) is 0.258. The lowest BCUT2D eigenvalue weighted by molar-refractivity contribution is -0.199. The molecule has 0 bridgehead atoms. The van der Waals surface area contributed by atoms with Gasteiger partial charge in [-0.05, 0) is 103 Å². The molecule has 0 radical (unpaired) electrons. The zero-order chi connectivity index (χ0) is 20.4. The second kappa shape index (κ2) is 9.15. The van der Waals surface area contributed by atoms with Crippen molar-refractivity contribution in [2.45, 2.75) is 71.1 Å². The molecular weight excluding hydrogens is 386 g/mol. The molecule has 3 aliphatic carbocycles. The minimum Gasteiger partial charge on any atom is -0.398 e. The van der Waals surface area contributed by atoms with Gasteiger partial charge in [-0.3, -0.25) is 0 Å². The Hall–Kier alpha value is -0.790. The van der Waals surface area contributed by atoms with Gasteiger partial charge in [0.15, 0.2) is 0 Å². The van der Waals surface area contributed by atoms with Gasteiger partial charge < -0.3 is 8.92 Å². The van der Waals surface area contributed by atoms with E-state index in [2.05, 4.69) is 35.3 Å². The first-order valence-corrected chi connectivity index (χ1v) is 11.8. The smallest absolute Gasteiger partial charge is 0.260 e. The van der Waals surface area contributed by atoms with Crippen LogP contribution in [0.25, 0.3) is 0 Å². The van der Waals surface area contributed by atoms with Crippen molar-refractivity contribution in [1.82, 2.24) is 0 Å². The molecule has 0 aliphatic heterocycles. The number of hydrogen-bond donors (Lipinski definition) is 1. The summed E-state index contributed by atoms with van der Waals surface area (Å²) in [6, 6.07) is 4.63. The van der Waals surface area contributed by atoms with E-state index in [1.54, 1.807) is 5.56 Å². The first kappa shape index (κ1) is 21.4. The summed E-state index contributed by atoms with van der Waals surface area (Å²) in [5, 5.41) is 0. The van der Waals surface area contributed by atoms with Crippen molar-refractivity contribution >= 4 is 12.3 Å². The summed E-state index contributed by atoms with van der Waals surface area (Å²) in [5.74, 6) is 9.00. The lowest BCUT2D eigenvalue weighted by Gasteiger charge is -2.51. The van der Waals surface area contributed by atoms with Gasteiger partial charge in [0, 0.05) is 13.7 Å². The van der Waals surface area contributed by atoms with E-state index < -0.39 is 0 Å². The van der Waals surface area contributed by atoms with Crippen molar-refractivity contribution in [3.8, 4) is 5.75 Å². The van der Waals surface area contributed by atoms with E-state index in [1.807, 2.05) is 7.11 Å².